The van der Waals surface area contributed by atoms with E-state index < -0.39 is 0 Å². The molecule has 0 fully saturated rings. The molecule has 2 aromatic rings. The Bertz CT molecular complexity index is 403. The van der Waals surface area contributed by atoms with E-state index in [0.717, 1.165) is 12.2 Å². The van der Waals surface area contributed by atoms with Gasteiger partial charge in [0, 0.05) is 12.4 Å². The van der Waals surface area contributed by atoms with Crippen molar-refractivity contribution in [3.63, 3.8) is 0 Å². The van der Waals surface area contributed by atoms with Gasteiger partial charge >= 0.3 is 0 Å². The maximum absolute atomic E-state index is 4.36. The van der Waals surface area contributed by atoms with Crippen LogP contribution in [-0.4, -0.2) is 9.78 Å². The Morgan fingerprint density at radius 3 is 2.92 bits per heavy atom. The monoisotopic (exact) mass is 162 g/mol. The first-order valence-corrected chi connectivity index (χ1v) is 4.03. The van der Waals surface area contributed by atoms with Gasteiger partial charge in [-0.15, -0.1) is 0 Å². The highest BCUT2D eigenvalue weighted by atomic mass is 15.3. The summed E-state index contributed by atoms with van der Waals surface area (Å²) < 4.78 is 1.90. The molecule has 12 heavy (non-hydrogen) atoms. The minimum absolute atomic E-state index is 0.751. The molecule has 3 nitrogen and oxygen atoms in total. The van der Waals surface area contributed by atoms with Crippen LogP contribution in [0.15, 0.2) is 24.3 Å². The Balaban J connectivity index is 2.82. The van der Waals surface area contributed by atoms with Crippen LogP contribution in [0.5, 0.6) is 0 Å². The molecule has 62 valence electrons. The first-order chi connectivity index (χ1) is 5.83. The van der Waals surface area contributed by atoms with Crippen molar-refractivity contribution in [2.45, 2.75) is 6.54 Å². The third-order valence-corrected chi connectivity index (χ3v) is 2.07. The highest BCUT2D eigenvalue weighted by Crippen LogP contribution is 2.15. The molecule has 0 aliphatic rings. The number of rotatable bonds is 1. The minimum atomic E-state index is 0.751. The Hall–Kier alpha value is -1.35. The highest BCUT2D eigenvalue weighted by Gasteiger charge is 2.05. The summed E-state index contributed by atoms with van der Waals surface area (Å²) in [6.07, 6.45) is 0. The van der Waals surface area contributed by atoms with Crippen LogP contribution in [-0.2, 0) is 13.6 Å². The van der Waals surface area contributed by atoms with Crippen molar-refractivity contribution in [3.05, 3.63) is 30.0 Å². The molecular formula is C9H12N3+. The van der Waals surface area contributed by atoms with Crippen LogP contribution in [0.4, 0.5) is 0 Å². The number of para-hydroxylation sites is 1. The van der Waals surface area contributed by atoms with Crippen LogP contribution in [0.25, 0.3) is 10.9 Å². The zero-order valence-electron chi connectivity index (χ0n) is 7.12. The summed E-state index contributed by atoms with van der Waals surface area (Å²) in [5.74, 6) is 0. The van der Waals surface area contributed by atoms with Crippen molar-refractivity contribution in [2.24, 2.45) is 7.05 Å². The summed E-state index contributed by atoms with van der Waals surface area (Å²) >= 11 is 0. The Labute approximate surface area is 70.8 Å². The highest BCUT2D eigenvalue weighted by molar-refractivity contribution is 5.81. The Morgan fingerprint density at radius 2 is 2.17 bits per heavy atom. The fourth-order valence-electron chi connectivity index (χ4n) is 1.47. The fraction of sp³-hybridized carbons (Fsp3) is 0.222. The topological polar surface area (TPSA) is 45.5 Å². The quantitative estimate of drug-likeness (QED) is 0.644. The molecule has 0 spiro atoms. The third-order valence-electron chi connectivity index (χ3n) is 2.07. The van der Waals surface area contributed by atoms with E-state index in [2.05, 4.69) is 23.0 Å². The van der Waals surface area contributed by atoms with Crippen molar-refractivity contribution in [1.29, 1.82) is 0 Å². The molecule has 0 atom stereocenters. The minimum Gasteiger partial charge on any atom is -0.352 e. The second-order valence-corrected chi connectivity index (χ2v) is 2.84. The first kappa shape index (κ1) is 7.31. The van der Waals surface area contributed by atoms with E-state index in [0.29, 0.717) is 0 Å². The van der Waals surface area contributed by atoms with Crippen LogP contribution < -0.4 is 5.73 Å². The van der Waals surface area contributed by atoms with Gasteiger partial charge in [0.2, 0.25) is 0 Å². The zero-order valence-corrected chi connectivity index (χ0v) is 7.12. The van der Waals surface area contributed by atoms with Gasteiger partial charge in [-0.05, 0) is 6.07 Å². The molecule has 0 saturated carbocycles. The fourth-order valence-corrected chi connectivity index (χ4v) is 1.47. The van der Waals surface area contributed by atoms with Gasteiger partial charge in [0.05, 0.1) is 5.52 Å². The van der Waals surface area contributed by atoms with E-state index in [1.165, 1.54) is 10.9 Å². The van der Waals surface area contributed by atoms with Gasteiger partial charge < -0.3 is 5.73 Å². The molecule has 3 heteroatoms. The van der Waals surface area contributed by atoms with E-state index in [1.54, 1.807) is 0 Å². The molecule has 0 radical (unpaired) electrons. The van der Waals surface area contributed by atoms with Crippen molar-refractivity contribution in [2.75, 3.05) is 0 Å². The number of aromatic nitrogens is 2. The van der Waals surface area contributed by atoms with Gasteiger partial charge in [0.15, 0.2) is 0 Å². The van der Waals surface area contributed by atoms with Crippen LogP contribution in [0, 0.1) is 0 Å². The van der Waals surface area contributed by atoms with Gasteiger partial charge in [-0.1, -0.05) is 18.2 Å². The maximum Gasteiger partial charge on any atom is 0.124 e. The van der Waals surface area contributed by atoms with E-state index in [9.17, 15) is 0 Å². The smallest absolute Gasteiger partial charge is 0.124 e. The summed E-state index contributed by atoms with van der Waals surface area (Å²) in [5.41, 5.74) is 6.10. The normalized spacial score (nSPS) is 10.8. The van der Waals surface area contributed by atoms with Crippen molar-refractivity contribution in [3.8, 4) is 0 Å². The number of benzene rings is 1. The van der Waals surface area contributed by atoms with Gasteiger partial charge in [-0.2, -0.15) is 5.10 Å². The van der Waals surface area contributed by atoms with Crippen LogP contribution in [0.1, 0.15) is 5.69 Å². The summed E-state index contributed by atoms with van der Waals surface area (Å²) in [6, 6.07) is 8.21. The molecule has 1 aromatic heterocycles. The first-order valence-electron chi connectivity index (χ1n) is 4.03. The van der Waals surface area contributed by atoms with E-state index in [-0.39, 0.29) is 0 Å². The number of hydrogen-bond donors (Lipinski definition) is 1. The summed E-state index contributed by atoms with van der Waals surface area (Å²) in [5, 5.41) is 5.58. The van der Waals surface area contributed by atoms with Crippen LogP contribution >= 0.6 is 0 Å². The van der Waals surface area contributed by atoms with Crippen LogP contribution in [0.2, 0.25) is 0 Å². The number of fused-ring (bicyclic) bond motifs is 1. The average molecular weight is 162 g/mol. The molecule has 0 bridgehead atoms. The van der Waals surface area contributed by atoms with Gasteiger partial charge in [0.1, 0.15) is 12.2 Å². The molecule has 0 aliphatic heterocycles. The molecule has 3 N–H and O–H groups in total. The molecule has 0 unspecified atom stereocenters. The zero-order chi connectivity index (χ0) is 8.55. The molecule has 1 heterocycles. The predicted octanol–water partition coefficient (Wildman–Crippen LogP) is 0.315. The molecule has 2 rings (SSSR count). The second kappa shape index (κ2) is 2.60. The van der Waals surface area contributed by atoms with Gasteiger partial charge in [0.25, 0.3) is 0 Å². The van der Waals surface area contributed by atoms with Crippen molar-refractivity contribution >= 4 is 10.9 Å². The maximum atomic E-state index is 4.36. The number of quaternary nitrogens is 1. The molecule has 1 aromatic carbocycles. The van der Waals surface area contributed by atoms with Gasteiger partial charge in [-0.25, -0.2) is 0 Å². The van der Waals surface area contributed by atoms with Crippen LogP contribution in [0.3, 0.4) is 0 Å². The van der Waals surface area contributed by atoms with E-state index >= 15 is 0 Å². The number of hydrogen-bond acceptors (Lipinski definition) is 1. The van der Waals surface area contributed by atoms with E-state index in [1.807, 2.05) is 23.9 Å². The lowest BCUT2D eigenvalue weighted by atomic mass is 10.2. The van der Waals surface area contributed by atoms with Crippen molar-refractivity contribution < 1.29 is 5.73 Å². The summed E-state index contributed by atoms with van der Waals surface area (Å²) in [4.78, 5) is 0. The lowest BCUT2D eigenvalue weighted by molar-refractivity contribution is -0.387. The SMILES string of the molecule is Cn1nc(C[NH3+])c2ccccc21. The Morgan fingerprint density at radius 1 is 1.42 bits per heavy atom. The second-order valence-electron chi connectivity index (χ2n) is 2.84. The third kappa shape index (κ3) is 0.905. The lowest BCUT2D eigenvalue weighted by Gasteiger charge is -1.90. The summed E-state index contributed by atoms with van der Waals surface area (Å²) in [7, 11) is 1.96. The standard InChI is InChI=1S/C9H11N3/c1-12-9-5-3-2-4-7(9)8(6-10)11-12/h2-5H,6,10H2,1H3/p+1. The molecular weight excluding hydrogens is 150 g/mol. The lowest BCUT2D eigenvalue weighted by Crippen LogP contribution is -2.47. The predicted molar refractivity (Wildman–Crippen MR) is 47.3 cm³/mol. The number of nitrogens with zero attached hydrogens (tertiary/aromatic N) is 2. The average Bonchev–Trinajstić information content (AvgIpc) is 2.44. The molecule has 0 saturated heterocycles. The molecule has 0 amide bonds. The van der Waals surface area contributed by atoms with Crippen molar-refractivity contribution in [1.82, 2.24) is 9.78 Å². The van der Waals surface area contributed by atoms with Gasteiger partial charge in [-0.3, -0.25) is 4.68 Å². The Kier molecular flexibility index (Phi) is 1.59. The largest absolute Gasteiger partial charge is 0.352 e. The van der Waals surface area contributed by atoms with E-state index in [4.69, 9.17) is 0 Å². The number of aryl methyl sites for hydroxylation is 1. The summed E-state index contributed by atoms with van der Waals surface area (Å²) in [6.45, 7) is 0.751. The molecule has 0 aliphatic carbocycles.